The number of ether oxygens (including phenoxy) is 2. The minimum absolute atomic E-state index is 0.310. The van der Waals surface area contributed by atoms with E-state index in [1.54, 1.807) is 0 Å². The molecule has 21 heavy (non-hydrogen) atoms. The molecule has 0 saturated carbocycles. The quantitative estimate of drug-likeness (QED) is 0.921. The van der Waals surface area contributed by atoms with E-state index in [2.05, 4.69) is 40.1 Å². The number of rotatable bonds is 2. The van der Waals surface area contributed by atoms with Gasteiger partial charge in [0.2, 0.25) is 5.95 Å². The normalized spacial score (nSPS) is 19.8. The molecule has 2 aliphatic heterocycles. The predicted molar refractivity (Wildman–Crippen MR) is 80.3 cm³/mol. The summed E-state index contributed by atoms with van der Waals surface area (Å²) in [6.07, 6.45) is 4.16. The number of aromatic nitrogens is 2. The zero-order valence-corrected chi connectivity index (χ0v) is 12.1. The average molecular weight is 285 g/mol. The van der Waals surface area contributed by atoms with Crippen LogP contribution in [-0.4, -0.2) is 29.3 Å². The largest absolute Gasteiger partial charge is 0.486 e. The van der Waals surface area contributed by atoms with Crippen LogP contribution in [0.25, 0.3) is 0 Å². The maximum absolute atomic E-state index is 5.70. The second kappa shape index (κ2) is 4.98. The molecule has 0 amide bonds. The molecule has 0 spiro atoms. The smallest absolute Gasteiger partial charge is 0.203 e. The van der Waals surface area contributed by atoms with Crippen LogP contribution in [0.5, 0.6) is 11.5 Å². The van der Waals surface area contributed by atoms with Crippen molar-refractivity contribution >= 4 is 5.95 Å². The molecule has 0 fully saturated rings. The van der Waals surface area contributed by atoms with Crippen LogP contribution in [-0.2, 0) is 6.42 Å². The van der Waals surface area contributed by atoms with E-state index >= 15 is 0 Å². The highest BCUT2D eigenvalue weighted by molar-refractivity contribution is 5.46. The van der Waals surface area contributed by atoms with Crippen molar-refractivity contribution in [2.24, 2.45) is 0 Å². The molecule has 2 aromatic rings. The van der Waals surface area contributed by atoms with E-state index in [9.17, 15) is 0 Å². The molecular weight excluding hydrogens is 266 g/mol. The van der Waals surface area contributed by atoms with E-state index in [1.165, 1.54) is 5.56 Å². The molecule has 3 heterocycles. The van der Waals surface area contributed by atoms with Crippen molar-refractivity contribution in [2.45, 2.75) is 25.8 Å². The molecule has 4 rings (SSSR count). The Kier molecular flexibility index (Phi) is 2.98. The van der Waals surface area contributed by atoms with Gasteiger partial charge < -0.3 is 19.4 Å². The second-order valence-corrected chi connectivity index (χ2v) is 5.45. The summed E-state index contributed by atoms with van der Waals surface area (Å²) in [7, 11) is 0. The van der Waals surface area contributed by atoms with Gasteiger partial charge in [0.25, 0.3) is 0 Å². The molecule has 1 unspecified atom stereocenters. The van der Waals surface area contributed by atoms with Gasteiger partial charge in [0.05, 0.1) is 11.7 Å². The number of hydrogen-bond donors (Lipinski definition) is 1. The summed E-state index contributed by atoms with van der Waals surface area (Å²) in [5.41, 5.74) is 2.38. The zero-order chi connectivity index (χ0) is 14.2. The summed E-state index contributed by atoms with van der Waals surface area (Å²) in [6.45, 7) is 4.33. The van der Waals surface area contributed by atoms with Crippen molar-refractivity contribution in [2.75, 3.05) is 25.1 Å². The second-order valence-electron chi connectivity index (χ2n) is 5.45. The van der Waals surface area contributed by atoms with Crippen LogP contribution in [0.15, 0.2) is 24.4 Å². The summed E-state index contributed by atoms with van der Waals surface area (Å²) in [5, 5.41) is 3.38. The molecule has 0 saturated heterocycles. The Hall–Kier alpha value is -2.17. The molecule has 2 aliphatic rings. The van der Waals surface area contributed by atoms with Gasteiger partial charge in [0, 0.05) is 12.7 Å². The third kappa shape index (κ3) is 2.13. The lowest BCUT2D eigenvalue weighted by Crippen LogP contribution is -2.23. The number of hydrogen-bond acceptors (Lipinski definition) is 4. The number of anilines is 1. The van der Waals surface area contributed by atoms with Crippen molar-refractivity contribution in [1.82, 2.24) is 9.55 Å². The molecule has 0 bridgehead atoms. The van der Waals surface area contributed by atoms with Gasteiger partial charge in [-0.1, -0.05) is 13.0 Å². The summed E-state index contributed by atoms with van der Waals surface area (Å²) in [4.78, 5) is 4.63. The third-order valence-corrected chi connectivity index (χ3v) is 4.13. The molecule has 1 aromatic carbocycles. The van der Waals surface area contributed by atoms with Gasteiger partial charge in [0.15, 0.2) is 11.5 Å². The molecule has 5 heteroatoms. The Morgan fingerprint density at radius 2 is 2.14 bits per heavy atom. The first-order valence-electron chi connectivity index (χ1n) is 7.56. The highest BCUT2D eigenvalue weighted by Gasteiger charge is 2.24. The fourth-order valence-electron chi connectivity index (χ4n) is 3.04. The van der Waals surface area contributed by atoms with E-state index < -0.39 is 0 Å². The number of nitrogens with one attached hydrogen (secondary N) is 1. The van der Waals surface area contributed by atoms with Crippen LogP contribution in [0.1, 0.15) is 30.6 Å². The summed E-state index contributed by atoms with van der Waals surface area (Å²) in [5.74, 6) is 2.67. The first-order valence-corrected chi connectivity index (χ1v) is 7.56. The highest BCUT2D eigenvalue weighted by atomic mass is 16.6. The van der Waals surface area contributed by atoms with Gasteiger partial charge in [-0.15, -0.1) is 0 Å². The van der Waals surface area contributed by atoms with E-state index in [4.69, 9.17) is 9.47 Å². The summed E-state index contributed by atoms with van der Waals surface area (Å²) in [6, 6.07) is 6.58. The average Bonchev–Trinajstić information content (AvgIpc) is 2.97. The third-order valence-electron chi connectivity index (χ3n) is 4.13. The Morgan fingerprint density at radius 3 is 3.00 bits per heavy atom. The van der Waals surface area contributed by atoms with Gasteiger partial charge in [-0.25, -0.2) is 4.98 Å². The Bertz CT molecular complexity index is 666. The Balaban J connectivity index is 1.72. The van der Waals surface area contributed by atoms with Crippen LogP contribution >= 0.6 is 0 Å². The zero-order valence-electron chi connectivity index (χ0n) is 12.1. The Morgan fingerprint density at radius 1 is 1.29 bits per heavy atom. The molecule has 0 aliphatic carbocycles. The summed E-state index contributed by atoms with van der Waals surface area (Å²) < 4.78 is 13.5. The van der Waals surface area contributed by atoms with Gasteiger partial charge in [0.1, 0.15) is 13.2 Å². The lowest BCUT2D eigenvalue weighted by atomic mass is 10.0. The molecule has 5 nitrogen and oxygen atoms in total. The SMILES string of the molecule is CCc1cn2c(n1)NCCC2c1ccc2c(c1)OCCO2. The van der Waals surface area contributed by atoms with Gasteiger partial charge in [-0.2, -0.15) is 0 Å². The minimum atomic E-state index is 0.310. The standard InChI is InChI=1S/C16H19N3O2/c1-2-12-10-19-13(5-6-17-16(19)18-12)11-3-4-14-15(9-11)21-8-7-20-14/h3-4,9-10,13H,2,5-8H2,1H3,(H,17,18). The predicted octanol–water partition coefficient (Wildman–Crippen LogP) is 2.62. The van der Waals surface area contributed by atoms with Gasteiger partial charge in [-0.3, -0.25) is 0 Å². The molecular formula is C16H19N3O2. The van der Waals surface area contributed by atoms with Gasteiger partial charge in [-0.05, 0) is 30.5 Å². The number of imidazole rings is 1. The van der Waals surface area contributed by atoms with Crippen LogP contribution in [0.3, 0.4) is 0 Å². The van der Waals surface area contributed by atoms with Crippen molar-refractivity contribution in [3.8, 4) is 11.5 Å². The molecule has 0 radical (unpaired) electrons. The highest BCUT2D eigenvalue weighted by Crippen LogP contribution is 2.36. The molecule has 1 N–H and O–H groups in total. The lowest BCUT2D eigenvalue weighted by Gasteiger charge is -2.27. The van der Waals surface area contributed by atoms with Crippen LogP contribution in [0, 0.1) is 0 Å². The molecule has 1 aromatic heterocycles. The molecule has 110 valence electrons. The minimum Gasteiger partial charge on any atom is -0.486 e. The van der Waals surface area contributed by atoms with E-state index in [-0.39, 0.29) is 0 Å². The summed E-state index contributed by atoms with van der Waals surface area (Å²) >= 11 is 0. The Labute approximate surface area is 123 Å². The monoisotopic (exact) mass is 285 g/mol. The lowest BCUT2D eigenvalue weighted by molar-refractivity contribution is 0.171. The topological polar surface area (TPSA) is 48.3 Å². The first-order chi connectivity index (χ1) is 10.3. The maximum atomic E-state index is 5.70. The van der Waals surface area contributed by atoms with Crippen LogP contribution in [0.2, 0.25) is 0 Å². The number of aryl methyl sites for hydroxylation is 1. The van der Waals surface area contributed by atoms with Crippen molar-refractivity contribution in [3.05, 3.63) is 35.7 Å². The molecule has 1 atom stereocenters. The van der Waals surface area contributed by atoms with Crippen molar-refractivity contribution in [1.29, 1.82) is 0 Å². The fraction of sp³-hybridized carbons (Fsp3) is 0.438. The number of benzene rings is 1. The number of fused-ring (bicyclic) bond motifs is 2. The van der Waals surface area contributed by atoms with E-state index in [1.807, 2.05) is 6.07 Å². The van der Waals surface area contributed by atoms with Crippen LogP contribution < -0.4 is 14.8 Å². The van der Waals surface area contributed by atoms with Crippen molar-refractivity contribution < 1.29 is 9.47 Å². The van der Waals surface area contributed by atoms with Gasteiger partial charge >= 0.3 is 0 Å². The first kappa shape index (κ1) is 12.6. The van der Waals surface area contributed by atoms with Crippen LogP contribution in [0.4, 0.5) is 5.95 Å². The maximum Gasteiger partial charge on any atom is 0.203 e. The van der Waals surface area contributed by atoms with E-state index in [0.29, 0.717) is 19.3 Å². The number of nitrogens with zero attached hydrogens (tertiary/aromatic N) is 2. The fourth-order valence-corrected chi connectivity index (χ4v) is 3.04. The van der Waals surface area contributed by atoms with E-state index in [0.717, 1.165) is 42.5 Å². The van der Waals surface area contributed by atoms with Crippen molar-refractivity contribution in [3.63, 3.8) is 0 Å².